The Morgan fingerprint density at radius 3 is 2.41 bits per heavy atom. The van der Waals surface area contributed by atoms with Crippen LogP contribution in [0.1, 0.15) is 15.2 Å². The molecule has 156 valence electrons. The number of halogens is 2. The zero-order valence-corrected chi connectivity index (χ0v) is 19.7. The molecule has 0 aliphatic carbocycles. The lowest BCUT2D eigenvalue weighted by Gasteiger charge is -2.10. The number of thiophene rings is 1. The van der Waals surface area contributed by atoms with Crippen LogP contribution in [0.2, 0.25) is 5.02 Å². The normalized spacial score (nSPS) is 11.4. The third-order valence-electron chi connectivity index (χ3n) is 5.02. The standard InChI is InChI=1S/C26H15BrClNO2S/c27-17-10-12-18(13-11-17)29-15-21-19-6-2-1-5-16(19)9-14-22(21)31-26(30)25-24(28)20-7-3-4-8-23(20)32-25/h1-15H. The molecule has 5 rings (SSSR count). The third-order valence-corrected chi connectivity index (χ3v) is 7.21. The molecule has 0 fully saturated rings. The number of rotatable bonds is 4. The molecule has 0 aliphatic rings. The van der Waals surface area contributed by atoms with Crippen LogP contribution in [0.5, 0.6) is 5.75 Å². The van der Waals surface area contributed by atoms with Crippen molar-refractivity contribution < 1.29 is 9.53 Å². The Balaban J connectivity index is 1.55. The largest absolute Gasteiger partial charge is 0.422 e. The van der Waals surface area contributed by atoms with E-state index in [-0.39, 0.29) is 0 Å². The molecule has 0 saturated heterocycles. The molecule has 5 aromatic rings. The predicted octanol–water partition coefficient (Wildman–Crippen LogP) is 8.44. The van der Waals surface area contributed by atoms with Crippen molar-refractivity contribution in [1.29, 1.82) is 0 Å². The van der Waals surface area contributed by atoms with Gasteiger partial charge in [0.2, 0.25) is 0 Å². The molecule has 0 bridgehead atoms. The summed E-state index contributed by atoms with van der Waals surface area (Å²) in [6.07, 6.45) is 1.74. The molecule has 0 aliphatic heterocycles. The highest BCUT2D eigenvalue weighted by Crippen LogP contribution is 2.36. The maximum atomic E-state index is 13.1. The third kappa shape index (κ3) is 4.07. The van der Waals surface area contributed by atoms with Crippen LogP contribution in [0.15, 0.2) is 94.4 Å². The number of esters is 1. The highest BCUT2D eigenvalue weighted by molar-refractivity contribution is 9.10. The van der Waals surface area contributed by atoms with Crippen LogP contribution >= 0.6 is 38.9 Å². The van der Waals surface area contributed by atoms with E-state index in [0.29, 0.717) is 15.6 Å². The Labute approximate surface area is 202 Å². The zero-order chi connectivity index (χ0) is 22.1. The number of ether oxygens (including phenoxy) is 1. The summed E-state index contributed by atoms with van der Waals surface area (Å²) in [6.45, 7) is 0. The molecule has 0 unspecified atom stereocenters. The lowest BCUT2D eigenvalue weighted by Crippen LogP contribution is -2.09. The smallest absolute Gasteiger partial charge is 0.355 e. The van der Waals surface area contributed by atoms with Crippen molar-refractivity contribution in [2.75, 3.05) is 0 Å². The first kappa shape index (κ1) is 20.9. The van der Waals surface area contributed by atoms with Crippen LogP contribution in [-0.2, 0) is 0 Å². The van der Waals surface area contributed by atoms with Crippen LogP contribution in [0.4, 0.5) is 5.69 Å². The van der Waals surface area contributed by atoms with E-state index in [4.69, 9.17) is 16.3 Å². The van der Waals surface area contributed by atoms with Gasteiger partial charge in [0.15, 0.2) is 0 Å². The summed E-state index contributed by atoms with van der Waals surface area (Å²) < 4.78 is 7.77. The predicted molar refractivity (Wildman–Crippen MR) is 137 cm³/mol. The molecule has 32 heavy (non-hydrogen) atoms. The molecule has 0 saturated carbocycles. The number of hydrogen-bond acceptors (Lipinski definition) is 4. The minimum Gasteiger partial charge on any atom is -0.422 e. The van der Waals surface area contributed by atoms with Crippen LogP contribution in [0.25, 0.3) is 20.9 Å². The number of fused-ring (bicyclic) bond motifs is 2. The van der Waals surface area contributed by atoms with Gasteiger partial charge in [0.1, 0.15) is 10.6 Å². The van der Waals surface area contributed by atoms with E-state index >= 15 is 0 Å². The summed E-state index contributed by atoms with van der Waals surface area (Å²) in [7, 11) is 0. The summed E-state index contributed by atoms with van der Waals surface area (Å²) >= 11 is 11.2. The van der Waals surface area contributed by atoms with E-state index in [1.54, 1.807) is 12.3 Å². The Hall–Kier alpha value is -2.99. The monoisotopic (exact) mass is 519 g/mol. The molecule has 0 radical (unpaired) electrons. The quantitative estimate of drug-likeness (QED) is 0.135. The first-order valence-electron chi connectivity index (χ1n) is 9.81. The summed E-state index contributed by atoms with van der Waals surface area (Å²) in [5.74, 6) is -0.0483. The van der Waals surface area contributed by atoms with Gasteiger partial charge in [0.25, 0.3) is 0 Å². The van der Waals surface area contributed by atoms with Crippen molar-refractivity contribution >= 4 is 77.6 Å². The van der Waals surface area contributed by atoms with Gasteiger partial charge < -0.3 is 4.74 Å². The summed E-state index contributed by atoms with van der Waals surface area (Å²) in [6, 6.07) is 27.0. The SMILES string of the molecule is O=C(Oc1ccc2ccccc2c1C=Nc1ccc(Br)cc1)c1sc2ccccc2c1Cl. The first-order chi connectivity index (χ1) is 15.6. The number of carbonyl (C=O) groups is 1. The van der Waals surface area contributed by atoms with E-state index < -0.39 is 5.97 Å². The summed E-state index contributed by atoms with van der Waals surface area (Å²) in [4.78, 5) is 18.0. The molecular formula is C26H15BrClNO2S. The Bertz CT molecular complexity index is 1490. The van der Waals surface area contributed by atoms with Crippen molar-refractivity contribution in [3.05, 3.63) is 105 Å². The first-order valence-corrected chi connectivity index (χ1v) is 11.8. The number of carbonyl (C=O) groups excluding carboxylic acids is 1. The van der Waals surface area contributed by atoms with E-state index in [2.05, 4.69) is 20.9 Å². The highest BCUT2D eigenvalue weighted by atomic mass is 79.9. The molecule has 6 heteroatoms. The summed E-state index contributed by atoms with van der Waals surface area (Å²) in [5.41, 5.74) is 1.53. The van der Waals surface area contributed by atoms with Gasteiger partial charge in [-0.1, -0.05) is 76.1 Å². The number of benzene rings is 4. The van der Waals surface area contributed by atoms with Crippen LogP contribution in [-0.4, -0.2) is 12.2 Å². The fraction of sp³-hybridized carbons (Fsp3) is 0. The topological polar surface area (TPSA) is 38.7 Å². The second-order valence-electron chi connectivity index (χ2n) is 7.06. The highest BCUT2D eigenvalue weighted by Gasteiger charge is 2.20. The van der Waals surface area contributed by atoms with Gasteiger partial charge >= 0.3 is 5.97 Å². The van der Waals surface area contributed by atoms with Gasteiger partial charge in [-0.25, -0.2) is 4.79 Å². The zero-order valence-electron chi connectivity index (χ0n) is 16.6. The van der Waals surface area contributed by atoms with Crippen molar-refractivity contribution in [2.45, 2.75) is 0 Å². The van der Waals surface area contributed by atoms with Crippen molar-refractivity contribution in [3.63, 3.8) is 0 Å². The molecule has 4 aromatic carbocycles. The minimum absolute atomic E-state index is 0.386. The number of hydrogen-bond donors (Lipinski definition) is 0. The summed E-state index contributed by atoms with van der Waals surface area (Å²) in [5, 5.41) is 3.24. The van der Waals surface area contributed by atoms with E-state index in [0.717, 1.165) is 36.6 Å². The molecule has 3 nitrogen and oxygen atoms in total. The molecule has 0 spiro atoms. The lowest BCUT2D eigenvalue weighted by atomic mass is 10.0. The van der Waals surface area contributed by atoms with Gasteiger partial charge in [0, 0.05) is 26.3 Å². The minimum atomic E-state index is -0.482. The Morgan fingerprint density at radius 2 is 1.62 bits per heavy atom. The van der Waals surface area contributed by atoms with Gasteiger partial charge in [-0.2, -0.15) is 0 Å². The number of aliphatic imine (C=N–C) groups is 1. The molecule has 1 heterocycles. The Morgan fingerprint density at radius 1 is 0.906 bits per heavy atom. The van der Waals surface area contributed by atoms with Crippen LogP contribution in [0.3, 0.4) is 0 Å². The van der Waals surface area contributed by atoms with E-state index in [9.17, 15) is 4.79 Å². The van der Waals surface area contributed by atoms with Gasteiger partial charge in [-0.15, -0.1) is 11.3 Å². The van der Waals surface area contributed by atoms with Crippen LogP contribution < -0.4 is 4.74 Å². The second-order valence-corrected chi connectivity index (χ2v) is 9.41. The van der Waals surface area contributed by atoms with Gasteiger partial charge in [-0.05, 0) is 47.2 Å². The fourth-order valence-electron chi connectivity index (χ4n) is 3.46. The molecule has 1 aromatic heterocycles. The van der Waals surface area contributed by atoms with Crippen molar-refractivity contribution in [2.24, 2.45) is 4.99 Å². The molecule has 0 atom stereocenters. The average Bonchev–Trinajstić information content (AvgIpc) is 3.16. The fourth-order valence-corrected chi connectivity index (χ4v) is 5.10. The molecular weight excluding hydrogens is 506 g/mol. The molecule has 0 N–H and O–H groups in total. The van der Waals surface area contributed by atoms with Crippen molar-refractivity contribution in [3.8, 4) is 5.75 Å². The van der Waals surface area contributed by atoms with Gasteiger partial charge in [0.05, 0.1) is 10.7 Å². The van der Waals surface area contributed by atoms with Gasteiger partial charge in [-0.3, -0.25) is 4.99 Å². The Kier molecular flexibility index (Phi) is 5.79. The number of nitrogens with zero attached hydrogens (tertiary/aromatic N) is 1. The average molecular weight is 521 g/mol. The maximum absolute atomic E-state index is 13.1. The second kappa shape index (κ2) is 8.87. The van der Waals surface area contributed by atoms with Crippen LogP contribution in [0, 0.1) is 0 Å². The van der Waals surface area contributed by atoms with Crippen molar-refractivity contribution in [1.82, 2.24) is 0 Å². The maximum Gasteiger partial charge on any atom is 0.355 e. The van der Waals surface area contributed by atoms with E-state index in [1.807, 2.05) is 78.9 Å². The van der Waals surface area contributed by atoms with E-state index in [1.165, 1.54) is 11.3 Å². The molecule has 0 amide bonds. The lowest BCUT2D eigenvalue weighted by molar-refractivity contribution is 0.0740.